The van der Waals surface area contributed by atoms with Gasteiger partial charge in [0.2, 0.25) is 0 Å². The van der Waals surface area contributed by atoms with Gasteiger partial charge in [-0.25, -0.2) is 0 Å². The lowest BCUT2D eigenvalue weighted by Gasteiger charge is -2.25. The number of rotatable bonds is 5. The van der Waals surface area contributed by atoms with Crippen LogP contribution < -0.4 is 4.74 Å². The number of amides is 1. The lowest BCUT2D eigenvalue weighted by atomic mass is 9.99. The van der Waals surface area contributed by atoms with Crippen LogP contribution in [0.1, 0.15) is 27.6 Å². The van der Waals surface area contributed by atoms with Crippen LogP contribution in [0.25, 0.3) is 5.76 Å². The average Bonchev–Trinajstić information content (AvgIpc) is 3.38. The van der Waals surface area contributed by atoms with Crippen molar-refractivity contribution in [3.05, 3.63) is 91.6 Å². The van der Waals surface area contributed by atoms with Crippen LogP contribution in [0.2, 0.25) is 0 Å². The zero-order valence-electron chi connectivity index (χ0n) is 17.0. The van der Waals surface area contributed by atoms with Gasteiger partial charge in [0.1, 0.15) is 11.5 Å². The Morgan fingerprint density at radius 1 is 1.16 bits per heavy atom. The lowest BCUT2D eigenvalue weighted by molar-refractivity contribution is -0.140. The maximum Gasteiger partial charge on any atom is 0.295 e. The van der Waals surface area contributed by atoms with Crippen molar-refractivity contribution in [3.63, 3.8) is 0 Å². The van der Waals surface area contributed by atoms with Gasteiger partial charge in [-0.05, 0) is 42.1 Å². The summed E-state index contributed by atoms with van der Waals surface area (Å²) in [5.41, 5.74) is 2.30. The van der Waals surface area contributed by atoms with Crippen molar-refractivity contribution in [1.29, 1.82) is 0 Å². The van der Waals surface area contributed by atoms with E-state index in [2.05, 4.69) is 15.9 Å². The molecular formula is C24H20BrNO4S. The van der Waals surface area contributed by atoms with Crippen LogP contribution in [0, 0.1) is 6.92 Å². The van der Waals surface area contributed by atoms with Gasteiger partial charge in [0.25, 0.3) is 11.7 Å². The molecule has 1 amide bonds. The van der Waals surface area contributed by atoms with E-state index >= 15 is 0 Å². The molecule has 7 heteroatoms. The number of thiophene rings is 1. The molecule has 1 saturated heterocycles. The van der Waals surface area contributed by atoms with Crippen molar-refractivity contribution < 1.29 is 19.4 Å². The minimum Gasteiger partial charge on any atom is -0.507 e. The number of benzene rings is 2. The van der Waals surface area contributed by atoms with E-state index in [-0.39, 0.29) is 17.9 Å². The van der Waals surface area contributed by atoms with Crippen LogP contribution in [0.3, 0.4) is 0 Å². The van der Waals surface area contributed by atoms with Gasteiger partial charge in [-0.2, -0.15) is 0 Å². The number of ether oxygens (including phenoxy) is 1. The van der Waals surface area contributed by atoms with E-state index in [1.54, 1.807) is 19.2 Å². The first-order chi connectivity index (χ1) is 14.9. The number of aryl methyl sites for hydroxylation is 1. The zero-order chi connectivity index (χ0) is 22.1. The van der Waals surface area contributed by atoms with E-state index in [1.807, 2.05) is 54.8 Å². The van der Waals surface area contributed by atoms with Crippen LogP contribution in [-0.2, 0) is 16.1 Å². The molecule has 0 bridgehead atoms. The van der Waals surface area contributed by atoms with E-state index in [0.29, 0.717) is 11.3 Å². The number of nitrogens with zero attached hydrogens (tertiary/aromatic N) is 1. The Bertz CT molecular complexity index is 1190. The molecule has 3 aromatic rings. The molecule has 2 heterocycles. The van der Waals surface area contributed by atoms with Crippen LogP contribution in [0.4, 0.5) is 0 Å². The highest BCUT2D eigenvalue weighted by Gasteiger charge is 2.46. The average molecular weight is 498 g/mol. The number of hydrogen-bond acceptors (Lipinski definition) is 5. The van der Waals surface area contributed by atoms with Crippen molar-refractivity contribution in [3.8, 4) is 5.75 Å². The van der Waals surface area contributed by atoms with Gasteiger partial charge < -0.3 is 14.7 Å². The predicted molar refractivity (Wildman–Crippen MR) is 124 cm³/mol. The molecule has 1 aromatic heterocycles. The molecule has 1 N–H and O–H groups in total. The fraction of sp³-hybridized carbons (Fsp3) is 0.167. The van der Waals surface area contributed by atoms with Crippen molar-refractivity contribution in [2.45, 2.75) is 19.5 Å². The number of carbonyl (C=O) groups excluding carboxylic acids is 2. The van der Waals surface area contributed by atoms with Crippen LogP contribution in [0.5, 0.6) is 5.75 Å². The Labute approximate surface area is 192 Å². The van der Waals surface area contributed by atoms with Gasteiger partial charge in [-0.3, -0.25) is 9.59 Å². The monoisotopic (exact) mass is 497 g/mol. The van der Waals surface area contributed by atoms with Crippen molar-refractivity contribution in [2.24, 2.45) is 0 Å². The number of carbonyl (C=O) groups is 2. The zero-order valence-corrected chi connectivity index (χ0v) is 19.4. The lowest BCUT2D eigenvalue weighted by Crippen LogP contribution is -2.29. The summed E-state index contributed by atoms with van der Waals surface area (Å²) in [4.78, 5) is 28.5. The van der Waals surface area contributed by atoms with Crippen LogP contribution >= 0.6 is 27.3 Å². The molecule has 0 aliphatic carbocycles. The Balaban J connectivity index is 1.84. The Hall–Kier alpha value is -2.90. The Morgan fingerprint density at radius 3 is 2.61 bits per heavy atom. The second-order valence-corrected chi connectivity index (χ2v) is 9.05. The van der Waals surface area contributed by atoms with Gasteiger partial charge in [0.15, 0.2) is 0 Å². The van der Waals surface area contributed by atoms with E-state index < -0.39 is 17.7 Å². The fourth-order valence-corrected chi connectivity index (χ4v) is 4.84. The highest BCUT2D eigenvalue weighted by molar-refractivity contribution is 9.10. The molecule has 158 valence electrons. The number of aliphatic hydroxyl groups is 1. The van der Waals surface area contributed by atoms with E-state index in [1.165, 1.54) is 16.2 Å². The highest BCUT2D eigenvalue weighted by Crippen LogP contribution is 2.42. The third-order valence-corrected chi connectivity index (χ3v) is 7.13. The third-order valence-electron chi connectivity index (χ3n) is 5.32. The van der Waals surface area contributed by atoms with Gasteiger partial charge in [-0.15, -0.1) is 11.3 Å². The first kappa shape index (κ1) is 21.3. The third kappa shape index (κ3) is 3.91. The number of ketones is 1. The molecule has 0 radical (unpaired) electrons. The standard InChI is InChI=1S/C24H20BrNO4S/c1-14-12-15(9-10-17(14)25)22(27)20-21(19-8-5-11-31-19)26(24(29)23(20)28)13-16-6-3-4-7-18(16)30-2/h3-12,21,27H,13H2,1-2H3/b22-20-. The summed E-state index contributed by atoms with van der Waals surface area (Å²) in [7, 11) is 1.57. The summed E-state index contributed by atoms with van der Waals surface area (Å²) in [5, 5.41) is 13.0. The molecule has 5 nitrogen and oxygen atoms in total. The molecule has 1 fully saturated rings. The van der Waals surface area contributed by atoms with Crippen molar-refractivity contribution >= 4 is 44.7 Å². The minimum atomic E-state index is -0.689. The number of hydrogen-bond donors (Lipinski definition) is 1. The summed E-state index contributed by atoms with van der Waals surface area (Å²) in [6, 6.07) is 15.8. The van der Waals surface area contributed by atoms with Crippen LogP contribution in [-0.4, -0.2) is 28.8 Å². The molecule has 0 saturated carbocycles. The van der Waals surface area contributed by atoms with Gasteiger partial charge >= 0.3 is 0 Å². The molecule has 1 atom stereocenters. The normalized spacial score (nSPS) is 17.9. The maximum atomic E-state index is 13.1. The van der Waals surface area contributed by atoms with Gasteiger partial charge in [0, 0.05) is 20.5 Å². The number of para-hydroxylation sites is 1. The Kier molecular flexibility index (Phi) is 5.98. The van der Waals surface area contributed by atoms with E-state index in [4.69, 9.17) is 4.74 Å². The predicted octanol–water partition coefficient (Wildman–Crippen LogP) is 5.45. The minimum absolute atomic E-state index is 0.101. The molecule has 1 aliphatic heterocycles. The summed E-state index contributed by atoms with van der Waals surface area (Å²) in [5.74, 6) is -0.862. The van der Waals surface area contributed by atoms with E-state index in [0.717, 1.165) is 20.5 Å². The molecule has 2 aromatic carbocycles. The Morgan fingerprint density at radius 2 is 1.94 bits per heavy atom. The number of methoxy groups -OCH3 is 1. The topological polar surface area (TPSA) is 66.8 Å². The second kappa shape index (κ2) is 8.69. The maximum absolute atomic E-state index is 13.1. The summed E-state index contributed by atoms with van der Waals surface area (Å²) in [6.07, 6.45) is 0. The molecular weight excluding hydrogens is 478 g/mol. The first-order valence-electron chi connectivity index (χ1n) is 9.62. The van der Waals surface area contributed by atoms with Crippen LogP contribution in [0.15, 0.2) is 70.0 Å². The molecule has 1 unspecified atom stereocenters. The van der Waals surface area contributed by atoms with Crippen molar-refractivity contribution in [2.75, 3.05) is 7.11 Å². The quantitative estimate of drug-likeness (QED) is 0.289. The SMILES string of the molecule is COc1ccccc1CN1C(=O)C(=O)/C(=C(\O)c2ccc(Br)c(C)c2)C1c1cccs1. The summed E-state index contributed by atoms with van der Waals surface area (Å²) >= 11 is 4.89. The smallest absolute Gasteiger partial charge is 0.295 e. The number of Topliss-reactive ketones (excluding diaryl/α,β-unsaturated/α-hetero) is 1. The number of aliphatic hydroxyl groups excluding tert-OH is 1. The van der Waals surface area contributed by atoms with E-state index in [9.17, 15) is 14.7 Å². The first-order valence-corrected chi connectivity index (χ1v) is 11.3. The molecule has 4 rings (SSSR count). The second-order valence-electron chi connectivity index (χ2n) is 7.22. The van der Waals surface area contributed by atoms with Gasteiger partial charge in [-0.1, -0.05) is 46.3 Å². The number of halogens is 1. The fourth-order valence-electron chi connectivity index (χ4n) is 3.75. The molecule has 0 spiro atoms. The summed E-state index contributed by atoms with van der Waals surface area (Å²) in [6.45, 7) is 2.09. The number of likely N-dealkylation sites (tertiary alicyclic amines) is 1. The molecule has 31 heavy (non-hydrogen) atoms. The van der Waals surface area contributed by atoms with Crippen molar-refractivity contribution in [1.82, 2.24) is 4.90 Å². The molecule has 1 aliphatic rings. The summed E-state index contributed by atoms with van der Waals surface area (Å²) < 4.78 is 6.32. The largest absolute Gasteiger partial charge is 0.507 e. The highest BCUT2D eigenvalue weighted by atomic mass is 79.9. The van der Waals surface area contributed by atoms with Gasteiger partial charge in [0.05, 0.1) is 25.3 Å².